The largest absolute Gasteiger partial charge is 0.393 e. The minimum atomic E-state index is 0.199. The van der Waals surface area contributed by atoms with Gasteiger partial charge in [0.2, 0.25) is 5.91 Å². The molecule has 0 aromatic rings. The van der Waals surface area contributed by atoms with Crippen molar-refractivity contribution in [2.24, 2.45) is 11.7 Å². The molecule has 1 amide bonds. The maximum atomic E-state index is 12.3. The first kappa shape index (κ1) is 16.4. The fourth-order valence-electron chi connectivity index (χ4n) is 2.48. The number of nitrogens with zero attached hydrogens (tertiary/aromatic N) is 1. The van der Waals surface area contributed by atoms with Crippen molar-refractivity contribution in [3.05, 3.63) is 0 Å². The second-order valence-corrected chi connectivity index (χ2v) is 6.04. The molecule has 1 saturated carbocycles. The molecule has 19 heavy (non-hydrogen) atoms. The van der Waals surface area contributed by atoms with Gasteiger partial charge in [-0.25, -0.2) is 0 Å². The van der Waals surface area contributed by atoms with E-state index in [4.69, 9.17) is 22.7 Å². The van der Waals surface area contributed by atoms with E-state index in [1.54, 1.807) is 0 Å². The van der Waals surface area contributed by atoms with Crippen LogP contribution >= 0.6 is 12.2 Å². The topological polar surface area (TPSA) is 55.6 Å². The lowest BCUT2D eigenvalue weighted by Crippen LogP contribution is -2.42. The second kappa shape index (κ2) is 7.80. The number of hydrogen-bond acceptors (Lipinski definition) is 3. The molecule has 0 aliphatic heterocycles. The summed E-state index contributed by atoms with van der Waals surface area (Å²) in [5.74, 6) is 0.696. The third-order valence-electron chi connectivity index (χ3n) is 3.60. The molecule has 2 N–H and O–H groups in total. The number of nitrogens with two attached hydrogens (primary N) is 1. The van der Waals surface area contributed by atoms with Crippen molar-refractivity contribution >= 4 is 23.1 Å². The molecular formula is C14H26N2O2S. The highest BCUT2D eigenvalue weighted by molar-refractivity contribution is 7.80. The van der Waals surface area contributed by atoms with Gasteiger partial charge in [-0.2, -0.15) is 0 Å². The van der Waals surface area contributed by atoms with Crippen molar-refractivity contribution in [1.29, 1.82) is 0 Å². The molecule has 110 valence electrons. The Balaban J connectivity index is 2.35. The van der Waals surface area contributed by atoms with Crippen molar-refractivity contribution in [3.63, 3.8) is 0 Å². The number of thiocarbonyl (C=S) groups is 1. The minimum absolute atomic E-state index is 0.199. The fourth-order valence-corrected chi connectivity index (χ4v) is 2.57. The smallest absolute Gasteiger partial charge is 0.223 e. The SMILES string of the molecule is CCOC1CC(CC(=O)N(CCC(N)=S)C(C)C)C1. The van der Waals surface area contributed by atoms with E-state index in [0.29, 0.717) is 36.4 Å². The van der Waals surface area contributed by atoms with E-state index < -0.39 is 0 Å². The first-order chi connectivity index (χ1) is 8.93. The van der Waals surface area contributed by atoms with E-state index in [-0.39, 0.29) is 11.9 Å². The highest BCUT2D eigenvalue weighted by Crippen LogP contribution is 2.33. The normalized spacial score (nSPS) is 22.1. The highest BCUT2D eigenvalue weighted by atomic mass is 32.1. The Bertz CT molecular complexity index is 315. The van der Waals surface area contributed by atoms with Gasteiger partial charge in [-0.1, -0.05) is 12.2 Å². The summed E-state index contributed by atoms with van der Waals surface area (Å²) in [4.78, 5) is 14.6. The van der Waals surface area contributed by atoms with E-state index in [1.807, 2.05) is 25.7 Å². The third-order valence-corrected chi connectivity index (χ3v) is 3.81. The molecule has 1 aliphatic rings. The monoisotopic (exact) mass is 286 g/mol. The van der Waals surface area contributed by atoms with Gasteiger partial charge in [-0.15, -0.1) is 0 Å². The van der Waals surface area contributed by atoms with Gasteiger partial charge in [0.25, 0.3) is 0 Å². The Morgan fingerprint density at radius 3 is 2.58 bits per heavy atom. The van der Waals surface area contributed by atoms with Crippen molar-refractivity contribution in [3.8, 4) is 0 Å². The van der Waals surface area contributed by atoms with E-state index in [0.717, 1.165) is 19.4 Å². The lowest BCUT2D eigenvalue weighted by Gasteiger charge is -2.36. The van der Waals surface area contributed by atoms with Gasteiger partial charge >= 0.3 is 0 Å². The van der Waals surface area contributed by atoms with Crippen molar-refractivity contribution in [1.82, 2.24) is 4.90 Å². The number of amides is 1. The Morgan fingerprint density at radius 2 is 2.11 bits per heavy atom. The number of hydrogen-bond donors (Lipinski definition) is 1. The molecule has 0 radical (unpaired) electrons. The molecule has 0 aromatic heterocycles. The second-order valence-electron chi connectivity index (χ2n) is 5.52. The maximum absolute atomic E-state index is 12.3. The van der Waals surface area contributed by atoms with Crippen LogP contribution in [0.1, 0.15) is 46.5 Å². The molecule has 0 saturated heterocycles. The van der Waals surface area contributed by atoms with E-state index in [2.05, 4.69) is 0 Å². The maximum Gasteiger partial charge on any atom is 0.223 e. The summed E-state index contributed by atoms with van der Waals surface area (Å²) in [5.41, 5.74) is 5.51. The molecule has 0 bridgehead atoms. The van der Waals surface area contributed by atoms with Crippen LogP contribution in [0, 0.1) is 5.92 Å². The summed E-state index contributed by atoms with van der Waals surface area (Å²) in [6.45, 7) is 7.46. The van der Waals surface area contributed by atoms with Gasteiger partial charge < -0.3 is 15.4 Å². The number of rotatable bonds is 8. The summed E-state index contributed by atoms with van der Waals surface area (Å²) in [6, 6.07) is 0.199. The quantitative estimate of drug-likeness (QED) is 0.694. The van der Waals surface area contributed by atoms with Crippen LogP contribution in [0.15, 0.2) is 0 Å². The van der Waals surface area contributed by atoms with Gasteiger partial charge in [-0.3, -0.25) is 4.79 Å². The van der Waals surface area contributed by atoms with E-state index in [9.17, 15) is 4.79 Å². The summed E-state index contributed by atoms with van der Waals surface area (Å²) in [7, 11) is 0. The average molecular weight is 286 g/mol. The zero-order valence-corrected chi connectivity index (χ0v) is 13.0. The lowest BCUT2D eigenvalue weighted by molar-refractivity contribution is -0.136. The lowest BCUT2D eigenvalue weighted by atomic mass is 9.79. The zero-order valence-electron chi connectivity index (χ0n) is 12.2. The summed E-state index contributed by atoms with van der Waals surface area (Å²) >= 11 is 4.88. The molecule has 0 aromatic carbocycles. The molecule has 0 unspecified atom stereocenters. The number of carbonyl (C=O) groups excluding carboxylic acids is 1. The van der Waals surface area contributed by atoms with E-state index >= 15 is 0 Å². The van der Waals surface area contributed by atoms with Gasteiger partial charge in [0, 0.05) is 32.0 Å². The summed E-state index contributed by atoms with van der Waals surface area (Å²) in [5, 5.41) is 0. The number of ether oxygens (including phenoxy) is 1. The molecule has 0 spiro atoms. The minimum Gasteiger partial charge on any atom is -0.393 e. The van der Waals surface area contributed by atoms with Gasteiger partial charge in [0.05, 0.1) is 11.1 Å². The van der Waals surface area contributed by atoms with Crippen molar-refractivity contribution in [2.75, 3.05) is 13.2 Å². The van der Waals surface area contributed by atoms with E-state index in [1.165, 1.54) is 0 Å². The van der Waals surface area contributed by atoms with Gasteiger partial charge in [0.15, 0.2) is 0 Å². The molecule has 0 atom stereocenters. The van der Waals surface area contributed by atoms with Crippen LogP contribution < -0.4 is 5.73 Å². The van der Waals surface area contributed by atoms with Crippen LogP contribution in [-0.2, 0) is 9.53 Å². The van der Waals surface area contributed by atoms with Crippen LogP contribution in [0.3, 0.4) is 0 Å². The molecule has 1 rings (SSSR count). The zero-order chi connectivity index (χ0) is 14.4. The predicted octanol–water partition coefficient (Wildman–Crippen LogP) is 2.10. The Labute approximate surface area is 121 Å². The Hall–Kier alpha value is -0.680. The highest BCUT2D eigenvalue weighted by Gasteiger charge is 2.32. The predicted molar refractivity (Wildman–Crippen MR) is 81.0 cm³/mol. The van der Waals surface area contributed by atoms with Crippen molar-refractivity contribution in [2.45, 2.75) is 58.6 Å². The molecule has 1 fully saturated rings. The van der Waals surface area contributed by atoms with Crippen LogP contribution in [0.25, 0.3) is 0 Å². The molecule has 4 nitrogen and oxygen atoms in total. The van der Waals surface area contributed by atoms with Crippen LogP contribution in [-0.4, -0.2) is 41.1 Å². The first-order valence-electron chi connectivity index (χ1n) is 7.13. The first-order valence-corrected chi connectivity index (χ1v) is 7.54. The molecule has 1 aliphatic carbocycles. The third kappa shape index (κ3) is 5.45. The van der Waals surface area contributed by atoms with Crippen LogP contribution in [0.4, 0.5) is 0 Å². The average Bonchev–Trinajstić information content (AvgIpc) is 2.25. The Kier molecular flexibility index (Phi) is 6.72. The Morgan fingerprint density at radius 1 is 1.47 bits per heavy atom. The van der Waals surface area contributed by atoms with Crippen molar-refractivity contribution < 1.29 is 9.53 Å². The van der Waals surface area contributed by atoms with Gasteiger partial charge in [0.1, 0.15) is 0 Å². The molecule has 0 heterocycles. The van der Waals surface area contributed by atoms with Crippen LogP contribution in [0.2, 0.25) is 0 Å². The summed E-state index contributed by atoms with van der Waals surface area (Å²) < 4.78 is 5.52. The number of carbonyl (C=O) groups is 1. The molecule has 5 heteroatoms. The van der Waals surface area contributed by atoms with Crippen LogP contribution in [0.5, 0.6) is 0 Å². The fraction of sp³-hybridized carbons (Fsp3) is 0.857. The standard InChI is InChI=1S/C14H26N2O2S/c1-4-18-12-7-11(8-12)9-14(17)16(10(2)3)6-5-13(15)19/h10-12H,4-9H2,1-3H3,(H2,15,19). The van der Waals surface area contributed by atoms with Gasteiger partial charge in [-0.05, 0) is 39.5 Å². The molecular weight excluding hydrogens is 260 g/mol. The summed E-state index contributed by atoms with van der Waals surface area (Å²) in [6.07, 6.45) is 3.62.